The maximum atomic E-state index is 12.9. The number of fused-ring (bicyclic) bond motifs is 1. The molecule has 0 saturated carbocycles. The van der Waals surface area contributed by atoms with E-state index in [1.165, 1.54) is 6.07 Å². The second kappa shape index (κ2) is 10.4. The molecule has 2 heterocycles. The summed E-state index contributed by atoms with van der Waals surface area (Å²) in [4.78, 5) is 22.2. The Morgan fingerprint density at radius 1 is 1.17 bits per heavy atom. The predicted molar refractivity (Wildman–Crippen MR) is 124 cm³/mol. The van der Waals surface area contributed by atoms with Crippen LogP contribution in [0.25, 0.3) is 11.3 Å². The van der Waals surface area contributed by atoms with E-state index in [1.54, 1.807) is 24.5 Å². The van der Waals surface area contributed by atoms with E-state index in [1.807, 2.05) is 19.1 Å². The summed E-state index contributed by atoms with van der Waals surface area (Å²) in [7, 11) is 0. The number of hydrogen-bond acceptors (Lipinski definition) is 5. The molecule has 1 aliphatic rings. The van der Waals surface area contributed by atoms with Crippen molar-refractivity contribution in [1.82, 2.24) is 14.9 Å². The molecule has 6 nitrogen and oxygen atoms in total. The van der Waals surface area contributed by atoms with Crippen LogP contribution in [0.5, 0.6) is 5.75 Å². The van der Waals surface area contributed by atoms with E-state index in [2.05, 4.69) is 14.9 Å². The lowest BCUT2D eigenvalue weighted by Crippen LogP contribution is -2.35. The number of carboxylic acids is 1. The fourth-order valence-corrected chi connectivity index (χ4v) is 4.32. The molecule has 9 heteroatoms. The van der Waals surface area contributed by atoms with Crippen LogP contribution in [-0.4, -0.2) is 39.0 Å². The molecule has 1 aromatic heterocycles. The zero-order valence-corrected chi connectivity index (χ0v) is 19.3. The van der Waals surface area contributed by atoms with Crippen molar-refractivity contribution in [2.45, 2.75) is 39.1 Å². The molecule has 184 valence electrons. The fraction of sp³-hybridized carbons (Fsp3) is 0.346. The van der Waals surface area contributed by atoms with Gasteiger partial charge < -0.3 is 9.84 Å². The van der Waals surface area contributed by atoms with Crippen molar-refractivity contribution in [1.29, 1.82) is 0 Å². The third-order valence-electron chi connectivity index (χ3n) is 5.96. The summed E-state index contributed by atoms with van der Waals surface area (Å²) in [5.74, 6) is -0.220. The van der Waals surface area contributed by atoms with Crippen LogP contribution >= 0.6 is 0 Å². The number of halogens is 3. The van der Waals surface area contributed by atoms with Gasteiger partial charge in [0.25, 0.3) is 0 Å². The second-order valence-corrected chi connectivity index (χ2v) is 8.85. The van der Waals surface area contributed by atoms with Gasteiger partial charge in [-0.3, -0.25) is 9.69 Å². The molecule has 1 aliphatic heterocycles. The number of ether oxygens (including phenoxy) is 1. The highest BCUT2D eigenvalue weighted by Gasteiger charge is 2.30. The molecule has 1 atom stereocenters. The Morgan fingerprint density at radius 2 is 1.94 bits per heavy atom. The summed E-state index contributed by atoms with van der Waals surface area (Å²) in [6.07, 6.45) is -1.95. The van der Waals surface area contributed by atoms with E-state index in [0.717, 1.165) is 47.6 Å². The highest BCUT2D eigenvalue weighted by atomic mass is 19.4. The van der Waals surface area contributed by atoms with Crippen LogP contribution in [0.15, 0.2) is 54.9 Å². The third-order valence-corrected chi connectivity index (χ3v) is 5.96. The zero-order chi connectivity index (χ0) is 25.0. The van der Waals surface area contributed by atoms with E-state index in [-0.39, 0.29) is 18.9 Å². The maximum Gasteiger partial charge on any atom is 0.416 e. The van der Waals surface area contributed by atoms with Gasteiger partial charge in [-0.2, -0.15) is 13.2 Å². The van der Waals surface area contributed by atoms with Gasteiger partial charge in [0.15, 0.2) is 0 Å². The number of rotatable bonds is 8. The van der Waals surface area contributed by atoms with Crippen LogP contribution in [-0.2, 0) is 30.5 Å². The van der Waals surface area contributed by atoms with Crippen molar-refractivity contribution >= 4 is 5.97 Å². The minimum Gasteiger partial charge on any atom is -0.489 e. The first-order valence-corrected chi connectivity index (χ1v) is 11.4. The average Bonchev–Trinajstić information content (AvgIpc) is 2.82. The Bertz CT molecular complexity index is 1180. The second-order valence-electron chi connectivity index (χ2n) is 8.85. The molecule has 0 radical (unpaired) electrons. The highest BCUT2D eigenvalue weighted by molar-refractivity contribution is 5.67. The molecular weight excluding hydrogens is 459 g/mol. The third kappa shape index (κ3) is 6.36. The number of alkyl halides is 3. The number of aromatic nitrogens is 2. The molecule has 2 aromatic carbocycles. The molecule has 35 heavy (non-hydrogen) atoms. The summed E-state index contributed by atoms with van der Waals surface area (Å²) in [5.41, 5.74) is 3.45. The van der Waals surface area contributed by atoms with Crippen LogP contribution in [0.3, 0.4) is 0 Å². The van der Waals surface area contributed by atoms with E-state index < -0.39 is 17.7 Å². The van der Waals surface area contributed by atoms with Crippen molar-refractivity contribution < 1.29 is 27.8 Å². The standard InChI is InChI=1S/C26H26F3N3O3/c1-17(11-24(33)34)13-32-10-9-23-22(14-32)25(31-16-30-23)19-5-7-21(8-6-19)35-15-18-3-2-4-20(12-18)26(27,28)29/h2-8,12,16-17H,9-11,13-15H2,1H3,(H,33,34). The van der Waals surface area contributed by atoms with Gasteiger partial charge in [-0.05, 0) is 47.9 Å². The number of benzene rings is 2. The van der Waals surface area contributed by atoms with Gasteiger partial charge in [-0.25, -0.2) is 9.97 Å². The number of nitrogens with zero attached hydrogens (tertiary/aromatic N) is 3. The van der Waals surface area contributed by atoms with Gasteiger partial charge in [-0.1, -0.05) is 19.1 Å². The van der Waals surface area contributed by atoms with Crippen molar-refractivity contribution in [3.63, 3.8) is 0 Å². The minimum absolute atomic E-state index is 0.0235. The van der Waals surface area contributed by atoms with Gasteiger partial charge in [-0.15, -0.1) is 0 Å². The molecular formula is C26H26F3N3O3. The summed E-state index contributed by atoms with van der Waals surface area (Å²) < 4.78 is 44.4. The molecule has 0 saturated heterocycles. The lowest BCUT2D eigenvalue weighted by molar-refractivity contribution is -0.138. The van der Waals surface area contributed by atoms with Gasteiger partial charge >= 0.3 is 12.1 Å². The topological polar surface area (TPSA) is 75.5 Å². The van der Waals surface area contributed by atoms with Crippen molar-refractivity contribution in [3.05, 3.63) is 77.2 Å². The van der Waals surface area contributed by atoms with E-state index in [0.29, 0.717) is 24.4 Å². The Hall–Kier alpha value is -3.46. The molecule has 4 rings (SSSR count). The van der Waals surface area contributed by atoms with E-state index in [9.17, 15) is 18.0 Å². The van der Waals surface area contributed by atoms with Crippen molar-refractivity contribution in [3.8, 4) is 17.0 Å². The minimum atomic E-state index is -4.39. The molecule has 0 spiro atoms. The summed E-state index contributed by atoms with van der Waals surface area (Å²) in [6.45, 7) is 4.10. The molecule has 1 N–H and O–H groups in total. The Labute approximate surface area is 201 Å². The van der Waals surface area contributed by atoms with Crippen molar-refractivity contribution in [2.75, 3.05) is 13.1 Å². The molecule has 0 aliphatic carbocycles. The van der Waals surface area contributed by atoms with Crippen LogP contribution in [0.2, 0.25) is 0 Å². The number of aliphatic carboxylic acids is 1. The Balaban J connectivity index is 1.44. The summed E-state index contributed by atoms with van der Waals surface area (Å²) in [5, 5.41) is 9.04. The molecule has 0 fully saturated rings. The lowest BCUT2D eigenvalue weighted by atomic mass is 9.98. The van der Waals surface area contributed by atoms with Crippen LogP contribution < -0.4 is 4.74 Å². The average molecular weight is 486 g/mol. The predicted octanol–water partition coefficient (Wildman–Crippen LogP) is 5.21. The fourth-order valence-electron chi connectivity index (χ4n) is 4.32. The zero-order valence-electron chi connectivity index (χ0n) is 19.3. The van der Waals surface area contributed by atoms with Gasteiger partial charge in [0.1, 0.15) is 18.7 Å². The summed E-state index contributed by atoms with van der Waals surface area (Å²) >= 11 is 0. The van der Waals surface area contributed by atoms with Crippen LogP contribution in [0.1, 0.15) is 35.7 Å². The highest BCUT2D eigenvalue weighted by Crippen LogP contribution is 2.31. The first kappa shape index (κ1) is 24.7. The molecule has 3 aromatic rings. The lowest BCUT2D eigenvalue weighted by Gasteiger charge is -2.30. The van der Waals surface area contributed by atoms with Crippen LogP contribution in [0.4, 0.5) is 13.2 Å². The number of carbonyl (C=O) groups is 1. The molecule has 1 unspecified atom stereocenters. The SMILES string of the molecule is CC(CC(=O)O)CN1CCc2ncnc(-c3ccc(OCc4cccc(C(F)(F)F)c4)cc3)c2C1. The normalized spacial score (nSPS) is 14.9. The van der Waals surface area contributed by atoms with Gasteiger partial charge in [0.2, 0.25) is 0 Å². The first-order chi connectivity index (χ1) is 16.7. The largest absolute Gasteiger partial charge is 0.489 e. The number of hydrogen-bond donors (Lipinski definition) is 1. The van der Waals surface area contributed by atoms with E-state index >= 15 is 0 Å². The van der Waals surface area contributed by atoms with Crippen molar-refractivity contribution in [2.24, 2.45) is 5.92 Å². The van der Waals surface area contributed by atoms with Crippen LogP contribution in [0, 0.1) is 5.92 Å². The Morgan fingerprint density at radius 3 is 2.66 bits per heavy atom. The van der Waals surface area contributed by atoms with E-state index in [4.69, 9.17) is 9.84 Å². The molecule has 0 bridgehead atoms. The summed E-state index contributed by atoms with van der Waals surface area (Å²) in [6, 6.07) is 12.4. The Kier molecular flexibility index (Phi) is 7.35. The molecule has 0 amide bonds. The monoisotopic (exact) mass is 485 g/mol. The van der Waals surface area contributed by atoms with Gasteiger partial charge in [0, 0.05) is 43.6 Å². The quantitative estimate of drug-likeness (QED) is 0.472. The smallest absolute Gasteiger partial charge is 0.416 e. The number of carboxylic acid groups (broad SMARTS) is 1. The first-order valence-electron chi connectivity index (χ1n) is 11.4. The maximum absolute atomic E-state index is 12.9. The van der Waals surface area contributed by atoms with Gasteiger partial charge in [0.05, 0.1) is 17.0 Å².